The highest BCUT2D eigenvalue weighted by atomic mass is 16.1. The van der Waals surface area contributed by atoms with Gasteiger partial charge in [-0.25, -0.2) is 9.78 Å². The van der Waals surface area contributed by atoms with E-state index in [0.717, 1.165) is 64.8 Å². The van der Waals surface area contributed by atoms with Crippen LogP contribution in [0, 0.1) is 0 Å². The zero-order chi connectivity index (χ0) is 22.0. The maximum absolute atomic E-state index is 13.0. The standard InChI is InChI=1S/C25H28N6O/c1-28(2)19-14-30(15-19)23-10-8-17(12-27-23)16-7-9-21-20(11-16)24-22(13-26-21)29(3)25(32)31(24)18-5-4-6-18/h7-13,18-19H,4-6,14-15H2,1-3H3. The normalized spacial score (nSPS) is 17.3. The zero-order valence-corrected chi connectivity index (χ0v) is 18.8. The molecule has 0 bridgehead atoms. The Morgan fingerprint density at radius 2 is 1.78 bits per heavy atom. The Balaban J connectivity index is 1.41. The van der Waals surface area contributed by atoms with Crippen LogP contribution in [0.25, 0.3) is 33.1 Å². The van der Waals surface area contributed by atoms with Gasteiger partial charge in [-0.05, 0) is 63.2 Å². The summed E-state index contributed by atoms with van der Waals surface area (Å²) in [6, 6.07) is 11.5. The molecule has 4 heterocycles. The van der Waals surface area contributed by atoms with Gasteiger partial charge < -0.3 is 9.80 Å². The van der Waals surface area contributed by atoms with E-state index in [4.69, 9.17) is 4.98 Å². The van der Waals surface area contributed by atoms with Gasteiger partial charge in [-0.15, -0.1) is 0 Å². The van der Waals surface area contributed by atoms with Crippen LogP contribution in [-0.4, -0.2) is 57.2 Å². The van der Waals surface area contributed by atoms with Gasteiger partial charge in [0.1, 0.15) is 5.82 Å². The third kappa shape index (κ3) is 2.88. The van der Waals surface area contributed by atoms with E-state index in [1.54, 1.807) is 4.57 Å². The molecule has 1 saturated heterocycles. The van der Waals surface area contributed by atoms with E-state index >= 15 is 0 Å². The number of anilines is 1. The van der Waals surface area contributed by atoms with Gasteiger partial charge in [0.15, 0.2) is 0 Å². The molecule has 2 aliphatic rings. The molecule has 4 aromatic rings. The summed E-state index contributed by atoms with van der Waals surface area (Å²) in [5.74, 6) is 1.03. The molecule has 7 heteroatoms. The van der Waals surface area contributed by atoms with Crippen molar-refractivity contribution < 1.29 is 0 Å². The molecular weight excluding hydrogens is 400 g/mol. The molecule has 1 aromatic carbocycles. The van der Waals surface area contributed by atoms with Crippen LogP contribution in [-0.2, 0) is 7.05 Å². The Morgan fingerprint density at radius 3 is 2.44 bits per heavy atom. The summed E-state index contributed by atoms with van der Waals surface area (Å²) < 4.78 is 3.73. The van der Waals surface area contributed by atoms with Gasteiger partial charge in [-0.2, -0.15) is 0 Å². The van der Waals surface area contributed by atoms with Crippen molar-refractivity contribution in [3.05, 3.63) is 53.2 Å². The molecule has 0 atom stereocenters. The van der Waals surface area contributed by atoms with Gasteiger partial charge >= 0.3 is 5.69 Å². The molecule has 0 amide bonds. The van der Waals surface area contributed by atoms with E-state index in [2.05, 4.69) is 59.2 Å². The lowest BCUT2D eigenvalue weighted by Crippen LogP contribution is -2.57. The summed E-state index contributed by atoms with van der Waals surface area (Å²) in [5.41, 5.74) is 5.05. The summed E-state index contributed by atoms with van der Waals surface area (Å²) in [4.78, 5) is 26.9. The van der Waals surface area contributed by atoms with Crippen LogP contribution in [0.1, 0.15) is 25.3 Å². The number of nitrogens with zero attached hydrogens (tertiary/aromatic N) is 6. The molecule has 0 radical (unpaired) electrons. The lowest BCUT2D eigenvalue weighted by atomic mass is 9.92. The first-order chi connectivity index (χ1) is 15.5. The first kappa shape index (κ1) is 19.5. The van der Waals surface area contributed by atoms with Crippen LogP contribution < -0.4 is 10.6 Å². The highest BCUT2D eigenvalue weighted by Crippen LogP contribution is 2.36. The van der Waals surface area contributed by atoms with Crippen LogP contribution in [0.4, 0.5) is 5.82 Å². The number of aromatic nitrogens is 4. The fraction of sp³-hybridized carbons (Fsp3) is 0.400. The Morgan fingerprint density at radius 1 is 1.00 bits per heavy atom. The van der Waals surface area contributed by atoms with E-state index in [1.165, 1.54) is 6.42 Å². The molecule has 1 aliphatic carbocycles. The minimum Gasteiger partial charge on any atom is -0.353 e. The molecule has 7 nitrogen and oxygen atoms in total. The van der Waals surface area contributed by atoms with Gasteiger partial charge in [0.2, 0.25) is 0 Å². The van der Waals surface area contributed by atoms with E-state index in [0.29, 0.717) is 12.1 Å². The van der Waals surface area contributed by atoms with Gasteiger partial charge in [0, 0.05) is 49.4 Å². The molecule has 0 spiro atoms. The third-order valence-electron chi connectivity index (χ3n) is 7.35. The SMILES string of the molecule is CN(C)C1CN(c2ccc(-c3ccc4ncc5c(c4c3)n(C3CCC3)c(=O)n5C)cn2)C1. The second-order valence-corrected chi connectivity index (χ2v) is 9.45. The minimum absolute atomic E-state index is 0.0565. The van der Waals surface area contributed by atoms with Crippen molar-refractivity contribution in [1.29, 1.82) is 0 Å². The van der Waals surface area contributed by atoms with Crippen molar-refractivity contribution in [2.45, 2.75) is 31.3 Å². The van der Waals surface area contributed by atoms with E-state index in [1.807, 2.05) is 24.0 Å². The summed E-state index contributed by atoms with van der Waals surface area (Å²) >= 11 is 0. The summed E-state index contributed by atoms with van der Waals surface area (Å²) in [7, 11) is 6.10. The third-order valence-corrected chi connectivity index (χ3v) is 7.35. The van der Waals surface area contributed by atoms with E-state index in [9.17, 15) is 4.79 Å². The quantitative estimate of drug-likeness (QED) is 0.499. The number of benzene rings is 1. The average Bonchev–Trinajstić information content (AvgIpc) is 2.97. The maximum Gasteiger partial charge on any atom is 0.329 e. The van der Waals surface area contributed by atoms with Crippen molar-refractivity contribution in [3.8, 4) is 11.1 Å². The Kier molecular flexibility index (Phi) is 4.37. The van der Waals surface area contributed by atoms with Crippen molar-refractivity contribution >= 4 is 27.8 Å². The number of pyridine rings is 2. The second-order valence-electron chi connectivity index (χ2n) is 9.45. The molecule has 1 saturated carbocycles. The highest BCUT2D eigenvalue weighted by Gasteiger charge is 2.29. The second kappa shape index (κ2) is 7.17. The summed E-state index contributed by atoms with van der Waals surface area (Å²) in [6.07, 6.45) is 7.11. The Labute approximate surface area is 186 Å². The van der Waals surface area contributed by atoms with Crippen LogP contribution in [0.2, 0.25) is 0 Å². The molecule has 6 rings (SSSR count). The topological polar surface area (TPSA) is 59.2 Å². The molecule has 3 aromatic heterocycles. The Hall–Kier alpha value is -3.19. The number of hydrogen-bond acceptors (Lipinski definition) is 5. The fourth-order valence-electron chi connectivity index (χ4n) is 4.90. The van der Waals surface area contributed by atoms with Crippen molar-refractivity contribution in [1.82, 2.24) is 24.0 Å². The predicted octanol–water partition coefficient (Wildman–Crippen LogP) is 3.43. The highest BCUT2D eigenvalue weighted by molar-refractivity contribution is 6.04. The first-order valence-corrected chi connectivity index (χ1v) is 11.4. The van der Waals surface area contributed by atoms with Gasteiger partial charge in [0.25, 0.3) is 0 Å². The van der Waals surface area contributed by atoms with Gasteiger partial charge in [-0.3, -0.25) is 14.1 Å². The summed E-state index contributed by atoms with van der Waals surface area (Å²) in [5, 5.41) is 1.03. The predicted molar refractivity (Wildman–Crippen MR) is 128 cm³/mol. The number of rotatable bonds is 4. The van der Waals surface area contributed by atoms with Crippen LogP contribution in [0.15, 0.2) is 47.5 Å². The largest absolute Gasteiger partial charge is 0.353 e. The molecule has 2 fully saturated rings. The van der Waals surface area contributed by atoms with Crippen LogP contribution in [0.3, 0.4) is 0 Å². The molecular formula is C25H28N6O. The van der Waals surface area contributed by atoms with Crippen molar-refractivity contribution in [2.75, 3.05) is 32.1 Å². The number of likely N-dealkylation sites (N-methyl/N-ethyl adjacent to an activating group) is 1. The molecule has 0 unspecified atom stereocenters. The van der Waals surface area contributed by atoms with Crippen molar-refractivity contribution in [2.24, 2.45) is 7.05 Å². The van der Waals surface area contributed by atoms with Crippen LogP contribution >= 0.6 is 0 Å². The van der Waals surface area contributed by atoms with Gasteiger partial charge in [0.05, 0.1) is 22.7 Å². The number of imidazole rings is 1. The minimum atomic E-state index is 0.0565. The summed E-state index contributed by atoms with van der Waals surface area (Å²) in [6.45, 7) is 2.04. The first-order valence-electron chi connectivity index (χ1n) is 11.4. The van der Waals surface area contributed by atoms with Crippen molar-refractivity contribution in [3.63, 3.8) is 0 Å². The number of aryl methyl sites for hydroxylation is 1. The van der Waals surface area contributed by atoms with E-state index in [-0.39, 0.29) is 5.69 Å². The monoisotopic (exact) mass is 428 g/mol. The fourth-order valence-corrected chi connectivity index (χ4v) is 4.90. The average molecular weight is 429 g/mol. The zero-order valence-electron chi connectivity index (χ0n) is 18.8. The van der Waals surface area contributed by atoms with Crippen LogP contribution in [0.5, 0.6) is 0 Å². The number of fused-ring (bicyclic) bond motifs is 3. The molecule has 32 heavy (non-hydrogen) atoms. The lowest BCUT2D eigenvalue weighted by Gasteiger charge is -2.43. The maximum atomic E-state index is 13.0. The lowest BCUT2D eigenvalue weighted by molar-refractivity contribution is 0.246. The molecule has 164 valence electrons. The van der Waals surface area contributed by atoms with E-state index < -0.39 is 0 Å². The molecule has 0 N–H and O–H groups in total. The van der Waals surface area contributed by atoms with Gasteiger partial charge in [-0.1, -0.05) is 6.07 Å². The molecule has 1 aliphatic heterocycles. The Bertz CT molecular complexity index is 1370. The number of hydrogen-bond donors (Lipinski definition) is 0. The smallest absolute Gasteiger partial charge is 0.329 e.